The molecule has 78 valence electrons. The molecule has 14 heavy (non-hydrogen) atoms. The minimum absolute atomic E-state index is 0.186. The first-order valence-electron chi connectivity index (χ1n) is 4.10. The van der Waals surface area contributed by atoms with Crippen molar-refractivity contribution < 1.29 is 9.53 Å². The maximum atomic E-state index is 10.8. The van der Waals surface area contributed by atoms with Crippen LogP contribution >= 0.6 is 11.8 Å². The number of esters is 1. The van der Waals surface area contributed by atoms with Gasteiger partial charge in [0.1, 0.15) is 0 Å². The molecule has 6 nitrogen and oxygen atoms in total. The van der Waals surface area contributed by atoms with Crippen molar-refractivity contribution in [2.75, 3.05) is 12.9 Å². The van der Waals surface area contributed by atoms with Crippen molar-refractivity contribution in [2.45, 2.75) is 12.2 Å². The van der Waals surface area contributed by atoms with Crippen LogP contribution in [-0.4, -0.2) is 39.0 Å². The highest BCUT2D eigenvalue weighted by Crippen LogP contribution is 2.09. The van der Waals surface area contributed by atoms with E-state index in [-0.39, 0.29) is 5.97 Å². The van der Waals surface area contributed by atoms with Gasteiger partial charge in [0.05, 0.1) is 19.3 Å². The number of carbonyl (C=O) groups is 1. The van der Waals surface area contributed by atoms with Gasteiger partial charge in [0, 0.05) is 12.8 Å². The van der Waals surface area contributed by atoms with Crippen molar-refractivity contribution in [3.8, 4) is 0 Å². The second kappa shape index (κ2) is 5.58. The van der Waals surface area contributed by atoms with E-state index in [4.69, 9.17) is 0 Å². The highest BCUT2D eigenvalue weighted by atomic mass is 32.2. The fourth-order valence-electron chi connectivity index (χ4n) is 0.791. The average molecular weight is 216 g/mol. The van der Waals surface area contributed by atoms with Gasteiger partial charge in [-0.3, -0.25) is 4.79 Å². The lowest BCUT2D eigenvalue weighted by molar-refractivity contribution is -0.140. The van der Waals surface area contributed by atoms with Gasteiger partial charge in [-0.2, -0.15) is 11.8 Å². The second-order valence-corrected chi connectivity index (χ2v) is 3.70. The normalized spacial score (nSPS) is 10.1. The van der Waals surface area contributed by atoms with E-state index >= 15 is 0 Å². The van der Waals surface area contributed by atoms with Gasteiger partial charge in [-0.25, -0.2) is 4.68 Å². The molecule has 0 saturated heterocycles. The second-order valence-electron chi connectivity index (χ2n) is 2.60. The Kier molecular flexibility index (Phi) is 4.37. The summed E-state index contributed by atoms with van der Waals surface area (Å²) in [6.45, 7) is 0. The molecule has 0 aliphatic rings. The van der Waals surface area contributed by atoms with Gasteiger partial charge < -0.3 is 4.74 Å². The van der Waals surface area contributed by atoms with Gasteiger partial charge in [-0.05, 0) is 10.4 Å². The fourth-order valence-corrected chi connectivity index (χ4v) is 1.67. The van der Waals surface area contributed by atoms with E-state index in [9.17, 15) is 4.79 Å². The van der Waals surface area contributed by atoms with Crippen LogP contribution in [0.1, 0.15) is 12.2 Å². The third kappa shape index (κ3) is 3.33. The lowest BCUT2D eigenvalue weighted by Crippen LogP contribution is -2.02. The lowest BCUT2D eigenvalue weighted by atomic mass is 10.5. The van der Waals surface area contributed by atoms with E-state index in [0.29, 0.717) is 12.2 Å². The maximum Gasteiger partial charge on any atom is 0.306 e. The summed E-state index contributed by atoms with van der Waals surface area (Å²) in [5.41, 5.74) is 0. The Balaban J connectivity index is 2.16. The lowest BCUT2D eigenvalue weighted by Gasteiger charge is -1.99. The van der Waals surface area contributed by atoms with Crippen LogP contribution in [0, 0.1) is 0 Å². The number of aromatic nitrogens is 4. The predicted molar refractivity (Wildman–Crippen MR) is 51.6 cm³/mol. The Morgan fingerprint density at radius 2 is 2.43 bits per heavy atom. The van der Waals surface area contributed by atoms with Crippen LogP contribution < -0.4 is 0 Å². The van der Waals surface area contributed by atoms with Crippen LogP contribution in [0.25, 0.3) is 0 Å². The molecular formula is C7H12N4O2S. The molecule has 0 radical (unpaired) electrons. The summed E-state index contributed by atoms with van der Waals surface area (Å²) >= 11 is 1.60. The van der Waals surface area contributed by atoms with Gasteiger partial charge in [0.2, 0.25) is 0 Å². The van der Waals surface area contributed by atoms with Crippen LogP contribution in [0.3, 0.4) is 0 Å². The van der Waals surface area contributed by atoms with E-state index in [1.165, 1.54) is 7.11 Å². The smallest absolute Gasteiger partial charge is 0.306 e. The standard InChI is InChI=1S/C7H12N4O2S/c1-11-6(8-9-10-11)5-14-4-3-7(12)13-2/h3-5H2,1-2H3. The molecule has 1 aromatic rings. The minimum Gasteiger partial charge on any atom is -0.469 e. The van der Waals surface area contributed by atoms with Crippen LogP contribution in [0.15, 0.2) is 0 Å². The molecule has 0 saturated carbocycles. The highest BCUT2D eigenvalue weighted by molar-refractivity contribution is 7.98. The topological polar surface area (TPSA) is 69.9 Å². The van der Waals surface area contributed by atoms with E-state index < -0.39 is 0 Å². The monoisotopic (exact) mass is 216 g/mol. The zero-order valence-corrected chi connectivity index (χ0v) is 8.95. The summed E-state index contributed by atoms with van der Waals surface area (Å²) in [5.74, 6) is 2.05. The molecule has 0 unspecified atom stereocenters. The zero-order chi connectivity index (χ0) is 10.4. The number of hydrogen-bond donors (Lipinski definition) is 0. The number of nitrogens with zero attached hydrogens (tertiary/aromatic N) is 4. The van der Waals surface area contributed by atoms with Crippen molar-refractivity contribution in [1.29, 1.82) is 0 Å². The number of thioether (sulfide) groups is 1. The Hall–Kier alpha value is -1.11. The first kappa shape index (κ1) is 11.0. The van der Waals surface area contributed by atoms with Crippen molar-refractivity contribution in [3.05, 3.63) is 5.82 Å². The number of aryl methyl sites for hydroxylation is 1. The average Bonchev–Trinajstić information content (AvgIpc) is 2.58. The maximum absolute atomic E-state index is 10.8. The Labute approximate surface area is 86.0 Å². The number of tetrazole rings is 1. The number of methoxy groups -OCH3 is 1. The van der Waals surface area contributed by atoms with Crippen LogP contribution in [0.4, 0.5) is 0 Å². The molecule has 0 aliphatic heterocycles. The summed E-state index contributed by atoms with van der Waals surface area (Å²) in [6, 6.07) is 0. The van der Waals surface area contributed by atoms with E-state index in [0.717, 1.165) is 11.6 Å². The van der Waals surface area contributed by atoms with Crippen molar-refractivity contribution >= 4 is 17.7 Å². The van der Waals surface area contributed by atoms with E-state index in [1.54, 1.807) is 23.5 Å². The summed E-state index contributed by atoms with van der Waals surface area (Å²) in [4.78, 5) is 10.8. The van der Waals surface area contributed by atoms with Gasteiger partial charge in [0.25, 0.3) is 0 Å². The van der Waals surface area contributed by atoms with Gasteiger partial charge in [-0.15, -0.1) is 5.10 Å². The van der Waals surface area contributed by atoms with Crippen LogP contribution in [0.5, 0.6) is 0 Å². The molecule has 0 atom stereocenters. The van der Waals surface area contributed by atoms with Crippen molar-refractivity contribution in [1.82, 2.24) is 20.2 Å². The zero-order valence-electron chi connectivity index (χ0n) is 8.13. The van der Waals surface area contributed by atoms with Crippen LogP contribution in [-0.2, 0) is 22.3 Å². The third-order valence-electron chi connectivity index (χ3n) is 1.62. The molecule has 7 heteroatoms. The van der Waals surface area contributed by atoms with Gasteiger partial charge in [0.15, 0.2) is 5.82 Å². The quantitative estimate of drug-likeness (QED) is 0.510. The van der Waals surface area contributed by atoms with E-state index in [2.05, 4.69) is 20.3 Å². The SMILES string of the molecule is COC(=O)CCSCc1nnnn1C. The van der Waals surface area contributed by atoms with Crippen molar-refractivity contribution in [3.63, 3.8) is 0 Å². The molecule has 0 aromatic carbocycles. The van der Waals surface area contributed by atoms with Gasteiger partial charge in [-0.1, -0.05) is 0 Å². The summed E-state index contributed by atoms with van der Waals surface area (Å²) in [5, 5.41) is 11.0. The molecule has 1 heterocycles. The summed E-state index contributed by atoms with van der Waals surface area (Å²) in [7, 11) is 3.18. The summed E-state index contributed by atoms with van der Waals surface area (Å²) in [6.07, 6.45) is 0.423. The number of rotatable bonds is 5. The van der Waals surface area contributed by atoms with Crippen LogP contribution in [0.2, 0.25) is 0 Å². The Morgan fingerprint density at radius 1 is 1.64 bits per heavy atom. The fraction of sp³-hybridized carbons (Fsp3) is 0.714. The molecule has 0 fully saturated rings. The first-order valence-corrected chi connectivity index (χ1v) is 5.25. The largest absolute Gasteiger partial charge is 0.469 e. The number of carbonyl (C=O) groups excluding carboxylic acids is 1. The number of hydrogen-bond acceptors (Lipinski definition) is 6. The molecule has 1 aromatic heterocycles. The van der Waals surface area contributed by atoms with Crippen molar-refractivity contribution in [2.24, 2.45) is 7.05 Å². The predicted octanol–water partition coefficient (Wildman–Crippen LogP) is 0.00640. The molecule has 1 rings (SSSR count). The third-order valence-corrected chi connectivity index (χ3v) is 2.57. The van der Waals surface area contributed by atoms with Gasteiger partial charge >= 0.3 is 5.97 Å². The first-order chi connectivity index (χ1) is 6.74. The molecular weight excluding hydrogens is 204 g/mol. The molecule has 0 bridgehead atoms. The molecule has 0 amide bonds. The highest BCUT2D eigenvalue weighted by Gasteiger charge is 2.03. The minimum atomic E-state index is -0.186. The Bertz CT molecular complexity index is 302. The Morgan fingerprint density at radius 3 is 3.00 bits per heavy atom. The summed E-state index contributed by atoms with van der Waals surface area (Å²) < 4.78 is 6.13. The number of ether oxygens (including phenoxy) is 1. The molecule has 0 spiro atoms. The van der Waals surface area contributed by atoms with E-state index in [1.807, 2.05) is 0 Å². The molecule has 0 N–H and O–H groups in total. The molecule has 0 aliphatic carbocycles.